The van der Waals surface area contributed by atoms with Gasteiger partial charge in [-0.15, -0.1) is 0 Å². The van der Waals surface area contributed by atoms with E-state index < -0.39 is 11.9 Å². The number of hydrogen-bond donors (Lipinski definition) is 2. The molecule has 1 aromatic rings. The Kier molecular flexibility index (Phi) is 7.03. The third-order valence-electron chi connectivity index (χ3n) is 4.10. The number of nitrogens with zero attached hydrogens (tertiary/aromatic N) is 1. The predicted molar refractivity (Wildman–Crippen MR) is 87.0 cm³/mol. The average molecular weight is 319 g/mol. The quantitative estimate of drug-likeness (QED) is 0.259. The molecule has 0 atom stereocenters. The zero-order valence-corrected chi connectivity index (χ0v) is 13.4. The van der Waals surface area contributed by atoms with E-state index in [-0.39, 0.29) is 13.0 Å². The molecule has 0 unspecified atom stereocenters. The summed E-state index contributed by atoms with van der Waals surface area (Å²) in [6.45, 7) is 2.70. The second kappa shape index (κ2) is 9.27. The highest BCUT2D eigenvalue weighted by Gasteiger charge is 2.18. The molecule has 126 valence electrons. The van der Waals surface area contributed by atoms with Gasteiger partial charge in [-0.1, -0.05) is 30.3 Å². The monoisotopic (exact) mass is 319 g/mol. The van der Waals surface area contributed by atoms with Crippen LogP contribution in [0.15, 0.2) is 30.3 Å². The zero-order chi connectivity index (χ0) is 16.5. The molecule has 1 aliphatic heterocycles. The summed E-state index contributed by atoms with van der Waals surface area (Å²) >= 11 is 0. The number of nitrogens with two attached hydrogens (primary N) is 1. The van der Waals surface area contributed by atoms with Crippen LogP contribution in [0.3, 0.4) is 0 Å². The summed E-state index contributed by atoms with van der Waals surface area (Å²) in [7, 11) is 0. The van der Waals surface area contributed by atoms with Crippen LogP contribution >= 0.6 is 0 Å². The van der Waals surface area contributed by atoms with Crippen LogP contribution in [-0.2, 0) is 20.9 Å². The SMILES string of the molecule is NN(CCC1CCNCC1)C(=O)CC(=O)OCc1ccccc1. The van der Waals surface area contributed by atoms with Gasteiger partial charge >= 0.3 is 5.97 Å². The van der Waals surface area contributed by atoms with Crippen LogP contribution in [0.4, 0.5) is 0 Å². The molecule has 1 amide bonds. The van der Waals surface area contributed by atoms with E-state index in [0.29, 0.717) is 12.5 Å². The van der Waals surface area contributed by atoms with E-state index in [0.717, 1.165) is 42.9 Å². The van der Waals surface area contributed by atoms with Crippen LogP contribution in [0.2, 0.25) is 0 Å². The fourth-order valence-corrected chi connectivity index (χ4v) is 2.63. The molecule has 1 fully saturated rings. The standard InChI is InChI=1S/C17H25N3O3/c18-20(11-8-14-6-9-19-10-7-14)16(21)12-17(22)23-13-15-4-2-1-3-5-15/h1-5,14,19H,6-13,18H2. The highest BCUT2D eigenvalue weighted by Crippen LogP contribution is 2.15. The van der Waals surface area contributed by atoms with E-state index in [9.17, 15) is 9.59 Å². The molecule has 1 saturated heterocycles. The summed E-state index contributed by atoms with van der Waals surface area (Å²) in [5.41, 5.74) is 0.892. The number of ether oxygens (including phenoxy) is 1. The van der Waals surface area contributed by atoms with Crippen molar-refractivity contribution < 1.29 is 14.3 Å². The van der Waals surface area contributed by atoms with Crippen molar-refractivity contribution in [1.82, 2.24) is 10.3 Å². The minimum atomic E-state index is -0.545. The van der Waals surface area contributed by atoms with Crippen LogP contribution in [-0.4, -0.2) is 36.5 Å². The Hall–Kier alpha value is -1.92. The average Bonchev–Trinajstić information content (AvgIpc) is 2.59. The maximum atomic E-state index is 11.9. The number of amides is 1. The predicted octanol–water partition coefficient (Wildman–Crippen LogP) is 1.21. The topological polar surface area (TPSA) is 84.7 Å². The van der Waals surface area contributed by atoms with Gasteiger partial charge in [0.1, 0.15) is 13.0 Å². The Morgan fingerprint density at radius 3 is 2.61 bits per heavy atom. The molecule has 0 radical (unpaired) electrons. The number of carbonyl (C=O) groups is 2. The van der Waals surface area contributed by atoms with E-state index in [2.05, 4.69) is 5.32 Å². The molecular formula is C17H25N3O3. The molecular weight excluding hydrogens is 294 g/mol. The third kappa shape index (κ3) is 6.38. The normalized spacial score (nSPS) is 15.2. The van der Waals surface area contributed by atoms with Crippen molar-refractivity contribution in [3.05, 3.63) is 35.9 Å². The summed E-state index contributed by atoms with van der Waals surface area (Å²) in [6.07, 6.45) is 2.79. The summed E-state index contributed by atoms with van der Waals surface area (Å²) in [5.74, 6) is 5.41. The van der Waals surface area contributed by atoms with Gasteiger partial charge < -0.3 is 10.1 Å². The van der Waals surface area contributed by atoms with Crippen LogP contribution in [0.5, 0.6) is 0 Å². The summed E-state index contributed by atoms with van der Waals surface area (Å²) in [6, 6.07) is 9.36. The minimum Gasteiger partial charge on any atom is -0.460 e. The molecule has 6 nitrogen and oxygen atoms in total. The van der Waals surface area contributed by atoms with Gasteiger partial charge in [0.05, 0.1) is 0 Å². The number of hydrazine groups is 1. The van der Waals surface area contributed by atoms with Gasteiger partial charge in [0, 0.05) is 6.54 Å². The second-order valence-corrected chi connectivity index (χ2v) is 5.89. The molecule has 6 heteroatoms. The molecule has 0 bridgehead atoms. The lowest BCUT2D eigenvalue weighted by molar-refractivity contribution is -0.150. The molecule has 0 saturated carbocycles. The van der Waals surface area contributed by atoms with Crippen LogP contribution in [0.1, 0.15) is 31.2 Å². The van der Waals surface area contributed by atoms with Crippen molar-refractivity contribution in [2.75, 3.05) is 19.6 Å². The van der Waals surface area contributed by atoms with Gasteiger partial charge in [0.2, 0.25) is 5.91 Å². The number of esters is 1. The zero-order valence-electron chi connectivity index (χ0n) is 13.4. The highest BCUT2D eigenvalue weighted by molar-refractivity contribution is 5.93. The maximum Gasteiger partial charge on any atom is 0.315 e. The lowest BCUT2D eigenvalue weighted by Gasteiger charge is -2.24. The molecule has 1 aliphatic rings. The Morgan fingerprint density at radius 1 is 1.22 bits per heavy atom. The Balaban J connectivity index is 1.64. The van der Waals surface area contributed by atoms with Gasteiger partial charge in [-0.05, 0) is 43.8 Å². The largest absolute Gasteiger partial charge is 0.460 e. The van der Waals surface area contributed by atoms with Gasteiger partial charge in [0.15, 0.2) is 0 Å². The van der Waals surface area contributed by atoms with Crippen molar-refractivity contribution in [2.45, 2.75) is 32.3 Å². The summed E-state index contributed by atoms with van der Waals surface area (Å²) in [4.78, 5) is 23.6. The summed E-state index contributed by atoms with van der Waals surface area (Å²) < 4.78 is 5.09. The maximum absolute atomic E-state index is 11.9. The van der Waals surface area contributed by atoms with Gasteiger partial charge in [0.25, 0.3) is 0 Å². The van der Waals surface area contributed by atoms with Gasteiger partial charge in [-0.2, -0.15) is 0 Å². The number of nitrogens with one attached hydrogen (secondary N) is 1. The molecule has 3 N–H and O–H groups in total. The highest BCUT2D eigenvalue weighted by atomic mass is 16.5. The van der Waals surface area contributed by atoms with E-state index in [4.69, 9.17) is 10.6 Å². The van der Waals surface area contributed by atoms with E-state index in [1.54, 1.807) is 0 Å². The molecule has 0 spiro atoms. The number of benzene rings is 1. The van der Waals surface area contributed by atoms with Gasteiger partial charge in [-0.3, -0.25) is 14.6 Å². The van der Waals surface area contributed by atoms with E-state index >= 15 is 0 Å². The molecule has 1 aromatic carbocycles. The van der Waals surface area contributed by atoms with E-state index in [1.807, 2.05) is 30.3 Å². The Morgan fingerprint density at radius 2 is 1.91 bits per heavy atom. The summed E-state index contributed by atoms with van der Waals surface area (Å²) in [5, 5.41) is 4.45. The smallest absolute Gasteiger partial charge is 0.315 e. The molecule has 23 heavy (non-hydrogen) atoms. The number of rotatable bonds is 7. The lowest BCUT2D eigenvalue weighted by atomic mass is 9.95. The second-order valence-electron chi connectivity index (χ2n) is 5.89. The Labute approximate surface area is 136 Å². The number of piperidine rings is 1. The van der Waals surface area contributed by atoms with Crippen molar-refractivity contribution in [1.29, 1.82) is 0 Å². The first kappa shape index (κ1) is 17.4. The number of carbonyl (C=O) groups excluding carboxylic acids is 2. The fourth-order valence-electron chi connectivity index (χ4n) is 2.63. The first-order valence-corrected chi connectivity index (χ1v) is 8.10. The first-order chi connectivity index (χ1) is 11.1. The van der Waals surface area contributed by atoms with Crippen molar-refractivity contribution in [3.8, 4) is 0 Å². The van der Waals surface area contributed by atoms with Crippen LogP contribution in [0, 0.1) is 5.92 Å². The van der Waals surface area contributed by atoms with Gasteiger partial charge in [-0.25, -0.2) is 5.84 Å². The molecule has 1 heterocycles. The van der Waals surface area contributed by atoms with Crippen molar-refractivity contribution in [2.24, 2.45) is 11.8 Å². The minimum absolute atomic E-state index is 0.173. The lowest BCUT2D eigenvalue weighted by Crippen LogP contribution is -2.40. The van der Waals surface area contributed by atoms with Crippen molar-refractivity contribution in [3.63, 3.8) is 0 Å². The third-order valence-corrected chi connectivity index (χ3v) is 4.10. The van der Waals surface area contributed by atoms with Crippen LogP contribution < -0.4 is 11.2 Å². The molecule has 0 aliphatic carbocycles. The first-order valence-electron chi connectivity index (χ1n) is 8.10. The Bertz CT molecular complexity index is 501. The number of hydrogen-bond acceptors (Lipinski definition) is 5. The molecule has 0 aromatic heterocycles. The molecule has 2 rings (SSSR count). The van der Waals surface area contributed by atoms with E-state index in [1.165, 1.54) is 0 Å². The van der Waals surface area contributed by atoms with Crippen LogP contribution in [0.25, 0.3) is 0 Å². The van der Waals surface area contributed by atoms with Crippen molar-refractivity contribution >= 4 is 11.9 Å². The fraction of sp³-hybridized carbons (Fsp3) is 0.529.